The molecule has 0 saturated carbocycles. The van der Waals surface area contributed by atoms with E-state index in [9.17, 15) is 14.4 Å². The van der Waals surface area contributed by atoms with E-state index in [0.717, 1.165) is 11.1 Å². The van der Waals surface area contributed by atoms with Crippen molar-refractivity contribution in [2.24, 2.45) is 0 Å². The molecule has 9 heteroatoms. The van der Waals surface area contributed by atoms with E-state index in [2.05, 4.69) is 15.6 Å². The second-order valence-electron chi connectivity index (χ2n) is 8.82. The highest BCUT2D eigenvalue weighted by molar-refractivity contribution is 6.31. The molecular formula is C29H22Cl2N4O3. The van der Waals surface area contributed by atoms with Crippen LogP contribution in [0, 0.1) is 0 Å². The summed E-state index contributed by atoms with van der Waals surface area (Å²) in [6.07, 6.45) is 1.89. The van der Waals surface area contributed by atoms with Gasteiger partial charge in [-0.2, -0.15) is 0 Å². The molecule has 1 aliphatic rings. The van der Waals surface area contributed by atoms with Crippen LogP contribution in [-0.4, -0.2) is 33.6 Å². The van der Waals surface area contributed by atoms with Crippen molar-refractivity contribution in [1.82, 2.24) is 9.88 Å². The Morgan fingerprint density at radius 1 is 0.895 bits per heavy atom. The minimum Gasteiger partial charge on any atom is -0.323 e. The molecule has 0 bridgehead atoms. The molecule has 1 aromatic heterocycles. The molecule has 1 aliphatic heterocycles. The zero-order valence-electron chi connectivity index (χ0n) is 20.0. The molecule has 0 aliphatic carbocycles. The summed E-state index contributed by atoms with van der Waals surface area (Å²) in [5.41, 5.74) is 2.79. The van der Waals surface area contributed by atoms with Crippen LogP contribution >= 0.6 is 23.2 Å². The Kier molecular flexibility index (Phi) is 7.40. The number of amides is 3. The molecule has 1 unspecified atom stereocenters. The van der Waals surface area contributed by atoms with Gasteiger partial charge in [0.25, 0.3) is 11.8 Å². The first-order valence-corrected chi connectivity index (χ1v) is 12.6. The zero-order valence-corrected chi connectivity index (χ0v) is 21.5. The number of nitrogens with zero attached hydrogens (tertiary/aromatic N) is 2. The van der Waals surface area contributed by atoms with Gasteiger partial charge in [-0.25, -0.2) is 4.98 Å². The van der Waals surface area contributed by atoms with Crippen molar-refractivity contribution in [3.05, 3.63) is 123 Å². The third-order valence-electron chi connectivity index (χ3n) is 6.23. The summed E-state index contributed by atoms with van der Waals surface area (Å²) >= 11 is 12.2. The molecule has 0 spiro atoms. The molecule has 2 N–H and O–H groups in total. The first-order valence-electron chi connectivity index (χ1n) is 11.8. The third kappa shape index (κ3) is 5.69. The van der Waals surface area contributed by atoms with Gasteiger partial charge in [0, 0.05) is 34.8 Å². The van der Waals surface area contributed by atoms with Gasteiger partial charge < -0.3 is 15.5 Å². The highest BCUT2D eigenvalue weighted by Gasteiger charge is 2.35. The number of carbonyl (C=O) groups excluding carboxylic acids is 3. The lowest BCUT2D eigenvalue weighted by atomic mass is 10.0. The normalized spacial score (nSPS) is 14.9. The van der Waals surface area contributed by atoms with Gasteiger partial charge in [-0.15, -0.1) is 0 Å². The van der Waals surface area contributed by atoms with Crippen molar-refractivity contribution in [1.29, 1.82) is 0 Å². The Morgan fingerprint density at radius 2 is 1.61 bits per heavy atom. The number of halogens is 2. The lowest BCUT2D eigenvalue weighted by Crippen LogP contribution is -2.46. The maximum absolute atomic E-state index is 13.7. The van der Waals surface area contributed by atoms with Crippen LogP contribution in [0.3, 0.4) is 0 Å². The Balaban J connectivity index is 1.42. The van der Waals surface area contributed by atoms with Gasteiger partial charge in [0.2, 0.25) is 5.91 Å². The Bertz CT molecular complexity index is 1490. The number of anilines is 2. The first-order chi connectivity index (χ1) is 18.4. The fourth-order valence-corrected chi connectivity index (χ4v) is 4.57. The van der Waals surface area contributed by atoms with Gasteiger partial charge in [0.1, 0.15) is 11.9 Å². The maximum Gasteiger partial charge on any atom is 0.256 e. The van der Waals surface area contributed by atoms with E-state index < -0.39 is 6.04 Å². The van der Waals surface area contributed by atoms with Crippen molar-refractivity contribution in [2.45, 2.75) is 19.0 Å². The lowest BCUT2D eigenvalue weighted by Gasteiger charge is -2.29. The molecule has 3 amide bonds. The molecule has 7 nitrogen and oxygen atoms in total. The number of aromatic nitrogens is 1. The van der Waals surface area contributed by atoms with Crippen LogP contribution in [-0.2, 0) is 17.8 Å². The van der Waals surface area contributed by atoms with Gasteiger partial charge >= 0.3 is 0 Å². The lowest BCUT2D eigenvalue weighted by molar-refractivity contribution is -0.120. The standard InChI is InChI=1S/C29H22Cl2N4O3/c30-21-10-6-18(7-11-21)15-25-28(37)33-24-16-22(31)12-13-23(24)29(38)35(25)17-19-4-8-20(9-5-19)27(36)34-26-3-1-2-14-32-26/h1-14,16,25H,15,17H2,(H,33,37)(H,32,34,36). The average Bonchev–Trinajstić information content (AvgIpc) is 3.00. The molecule has 0 radical (unpaired) electrons. The van der Waals surface area contributed by atoms with Crippen LogP contribution in [0.15, 0.2) is 91.1 Å². The van der Waals surface area contributed by atoms with E-state index in [4.69, 9.17) is 23.2 Å². The molecular weight excluding hydrogens is 523 g/mol. The van der Waals surface area contributed by atoms with E-state index in [0.29, 0.717) is 39.1 Å². The van der Waals surface area contributed by atoms with Gasteiger partial charge in [-0.05, 0) is 65.7 Å². The molecule has 5 rings (SSSR count). The minimum atomic E-state index is -0.790. The van der Waals surface area contributed by atoms with E-state index >= 15 is 0 Å². The van der Waals surface area contributed by atoms with Gasteiger partial charge in [-0.3, -0.25) is 14.4 Å². The summed E-state index contributed by atoms with van der Waals surface area (Å²) in [5.74, 6) is -0.468. The number of rotatable bonds is 6. The van der Waals surface area contributed by atoms with Crippen LogP contribution in [0.4, 0.5) is 11.5 Å². The maximum atomic E-state index is 13.7. The topological polar surface area (TPSA) is 91.4 Å². The highest BCUT2D eigenvalue weighted by Crippen LogP contribution is 2.29. The predicted octanol–water partition coefficient (Wildman–Crippen LogP) is 5.85. The number of hydrogen-bond donors (Lipinski definition) is 2. The third-order valence-corrected chi connectivity index (χ3v) is 6.71. The highest BCUT2D eigenvalue weighted by atomic mass is 35.5. The van der Waals surface area contributed by atoms with Gasteiger partial charge in [0.15, 0.2) is 0 Å². The monoisotopic (exact) mass is 544 g/mol. The molecule has 2 heterocycles. The van der Waals surface area contributed by atoms with Crippen molar-refractivity contribution < 1.29 is 14.4 Å². The van der Waals surface area contributed by atoms with Crippen LogP contribution in [0.5, 0.6) is 0 Å². The first kappa shape index (κ1) is 25.4. The summed E-state index contributed by atoms with van der Waals surface area (Å²) in [6.45, 7) is 0.161. The van der Waals surface area contributed by atoms with E-state index in [1.54, 1.807) is 83.9 Å². The summed E-state index contributed by atoms with van der Waals surface area (Å²) in [7, 11) is 0. The average molecular weight is 545 g/mol. The Labute approximate surface area is 229 Å². The second kappa shape index (κ2) is 11.0. The van der Waals surface area contributed by atoms with E-state index in [-0.39, 0.29) is 24.3 Å². The summed E-state index contributed by atoms with van der Waals surface area (Å²) < 4.78 is 0. The quantitative estimate of drug-likeness (QED) is 0.318. The van der Waals surface area contributed by atoms with Crippen molar-refractivity contribution in [3.63, 3.8) is 0 Å². The van der Waals surface area contributed by atoms with Gasteiger partial charge in [-0.1, -0.05) is 53.5 Å². The Morgan fingerprint density at radius 3 is 2.32 bits per heavy atom. The summed E-state index contributed by atoms with van der Waals surface area (Å²) in [4.78, 5) is 45.4. The number of fused-ring (bicyclic) bond motifs is 1. The second-order valence-corrected chi connectivity index (χ2v) is 9.70. The summed E-state index contributed by atoms with van der Waals surface area (Å²) in [5, 5.41) is 6.61. The number of benzene rings is 3. The number of pyridine rings is 1. The summed E-state index contributed by atoms with van der Waals surface area (Å²) in [6, 6.07) is 23.3. The predicted molar refractivity (Wildman–Crippen MR) is 148 cm³/mol. The largest absolute Gasteiger partial charge is 0.323 e. The van der Waals surface area contributed by atoms with Crippen LogP contribution in [0.1, 0.15) is 31.8 Å². The molecule has 0 saturated heterocycles. The number of hydrogen-bond acceptors (Lipinski definition) is 4. The molecule has 4 aromatic rings. The zero-order chi connectivity index (χ0) is 26.6. The minimum absolute atomic E-state index is 0.161. The Hall–Kier alpha value is -4.20. The fraction of sp³-hybridized carbons (Fsp3) is 0.103. The molecule has 3 aromatic carbocycles. The van der Waals surface area contributed by atoms with Gasteiger partial charge in [0.05, 0.1) is 11.3 Å². The molecule has 1 atom stereocenters. The van der Waals surface area contributed by atoms with Crippen LogP contribution in [0.25, 0.3) is 0 Å². The van der Waals surface area contributed by atoms with Crippen molar-refractivity contribution >= 4 is 52.4 Å². The SMILES string of the molecule is O=C(Nc1ccccn1)c1ccc(CN2C(=O)c3ccc(Cl)cc3NC(=O)C2Cc2ccc(Cl)cc2)cc1. The van der Waals surface area contributed by atoms with Crippen molar-refractivity contribution in [2.75, 3.05) is 10.6 Å². The van der Waals surface area contributed by atoms with Crippen LogP contribution < -0.4 is 10.6 Å². The molecule has 0 fully saturated rings. The number of carbonyl (C=O) groups is 3. The molecule has 38 heavy (non-hydrogen) atoms. The van der Waals surface area contributed by atoms with E-state index in [1.165, 1.54) is 0 Å². The van der Waals surface area contributed by atoms with Crippen molar-refractivity contribution in [3.8, 4) is 0 Å². The molecule has 190 valence electrons. The number of nitrogens with one attached hydrogen (secondary N) is 2. The fourth-order valence-electron chi connectivity index (χ4n) is 4.27. The smallest absolute Gasteiger partial charge is 0.256 e. The van der Waals surface area contributed by atoms with E-state index in [1.807, 2.05) is 12.1 Å². The van der Waals surface area contributed by atoms with Crippen LogP contribution in [0.2, 0.25) is 10.0 Å².